The van der Waals surface area contributed by atoms with Crippen LogP contribution in [0.3, 0.4) is 0 Å². The van der Waals surface area contributed by atoms with E-state index in [4.69, 9.17) is 0 Å². The van der Waals surface area contributed by atoms with Crippen molar-refractivity contribution >= 4 is 22.7 Å². The molecule has 2 amide bonds. The average Bonchev–Trinajstić information content (AvgIpc) is 3.43. The predicted molar refractivity (Wildman–Crippen MR) is 133 cm³/mol. The Labute approximate surface area is 208 Å². The maximum atomic E-state index is 13.8. The lowest BCUT2D eigenvalue weighted by atomic mass is 9.85. The zero-order valence-corrected chi connectivity index (χ0v) is 20.8. The van der Waals surface area contributed by atoms with Crippen molar-refractivity contribution < 1.29 is 14.7 Å². The number of aromatic amines is 1. The quantitative estimate of drug-likeness (QED) is 0.481. The number of hydrogen-bond donors (Lipinski definition) is 3. The molecule has 1 aliphatic heterocycles. The summed E-state index contributed by atoms with van der Waals surface area (Å²) in [7, 11) is 0. The molecule has 3 heterocycles. The number of para-hydroxylation sites is 1. The number of benzene rings is 1. The largest absolute Gasteiger partial charge is 0.391 e. The number of likely N-dealkylation sites (tertiary alicyclic amines) is 1. The molecule has 2 aromatic heterocycles. The summed E-state index contributed by atoms with van der Waals surface area (Å²) < 4.78 is 1.61. The molecule has 3 aromatic rings. The number of pyridine rings is 1. The number of aliphatic hydroxyl groups is 1. The molecule has 36 heavy (non-hydrogen) atoms. The Morgan fingerprint density at radius 2 is 2.00 bits per heavy atom. The molecule has 10 heteroatoms. The number of carbonyl (C=O) groups excluding carboxylic acids is 2. The maximum absolute atomic E-state index is 13.8. The summed E-state index contributed by atoms with van der Waals surface area (Å²) >= 11 is 0. The standard InChI is InChI=1S/C26H32N6O4/c1-26(2,3)23(32-14-20(29-30-32)15-8-9-15)25(36)31-13-17(33)11-21(31)24(35)27-12-16-10-22(34)18-6-4-5-7-19(18)28-16/h4-7,10,14-15,17,21,23,33H,8-9,11-13H2,1-3H3,(H,27,35)(H,28,34)/t17-,21+,23-/m1/s1. The fraction of sp³-hybridized carbons (Fsp3) is 0.500. The van der Waals surface area contributed by atoms with E-state index in [1.807, 2.05) is 33.0 Å². The van der Waals surface area contributed by atoms with Gasteiger partial charge in [0.15, 0.2) is 5.43 Å². The fourth-order valence-corrected chi connectivity index (χ4v) is 4.97. The average molecular weight is 493 g/mol. The molecule has 0 unspecified atom stereocenters. The Hall–Kier alpha value is -3.53. The molecule has 1 aliphatic carbocycles. The molecule has 190 valence electrons. The normalized spacial score (nSPS) is 21.1. The number of nitrogens with one attached hydrogen (secondary N) is 2. The Bertz CT molecular complexity index is 1350. The highest BCUT2D eigenvalue weighted by Crippen LogP contribution is 2.40. The van der Waals surface area contributed by atoms with Gasteiger partial charge >= 0.3 is 0 Å². The highest BCUT2D eigenvalue weighted by molar-refractivity contribution is 5.90. The molecule has 0 radical (unpaired) electrons. The highest BCUT2D eigenvalue weighted by atomic mass is 16.3. The number of aromatic nitrogens is 4. The van der Waals surface area contributed by atoms with Crippen molar-refractivity contribution in [3.63, 3.8) is 0 Å². The Morgan fingerprint density at radius 3 is 2.72 bits per heavy atom. The van der Waals surface area contributed by atoms with Crippen molar-refractivity contribution in [2.24, 2.45) is 5.41 Å². The molecule has 1 aromatic carbocycles. The second-order valence-corrected chi connectivity index (χ2v) is 11.0. The SMILES string of the molecule is CC(C)(C)[C@@H](C(=O)N1C[C@H](O)C[C@H]1C(=O)NCc1cc(=O)c2ccccc2[nH]1)n1cc(C2CC2)nn1. The van der Waals surface area contributed by atoms with Crippen LogP contribution >= 0.6 is 0 Å². The Kier molecular flexibility index (Phi) is 6.15. The monoisotopic (exact) mass is 492 g/mol. The van der Waals surface area contributed by atoms with Crippen LogP contribution in [0.25, 0.3) is 10.9 Å². The van der Waals surface area contributed by atoms with Crippen LogP contribution in [0.4, 0.5) is 0 Å². The van der Waals surface area contributed by atoms with Gasteiger partial charge in [-0.25, -0.2) is 4.68 Å². The second kappa shape index (κ2) is 9.16. The third-order valence-electron chi connectivity index (χ3n) is 6.95. The summed E-state index contributed by atoms with van der Waals surface area (Å²) in [4.78, 5) is 44.0. The van der Waals surface area contributed by atoms with E-state index in [0.717, 1.165) is 18.5 Å². The maximum Gasteiger partial charge on any atom is 0.248 e. The van der Waals surface area contributed by atoms with Gasteiger partial charge in [0.05, 0.1) is 18.3 Å². The zero-order valence-electron chi connectivity index (χ0n) is 20.8. The molecule has 10 nitrogen and oxygen atoms in total. The van der Waals surface area contributed by atoms with Gasteiger partial charge < -0.3 is 20.3 Å². The molecular formula is C26H32N6O4. The molecule has 3 atom stereocenters. The van der Waals surface area contributed by atoms with E-state index in [-0.39, 0.29) is 36.8 Å². The van der Waals surface area contributed by atoms with Gasteiger partial charge in [0, 0.05) is 47.7 Å². The number of hydrogen-bond acceptors (Lipinski definition) is 6. The van der Waals surface area contributed by atoms with Crippen LogP contribution in [0.15, 0.2) is 41.3 Å². The van der Waals surface area contributed by atoms with Crippen LogP contribution < -0.4 is 10.7 Å². The molecular weight excluding hydrogens is 460 g/mol. The van der Waals surface area contributed by atoms with E-state index in [2.05, 4.69) is 20.6 Å². The summed E-state index contributed by atoms with van der Waals surface area (Å²) in [5.41, 5.74) is 1.51. The molecule has 0 spiro atoms. The van der Waals surface area contributed by atoms with Gasteiger partial charge in [-0.1, -0.05) is 38.1 Å². The molecule has 2 aliphatic rings. The number of rotatable bonds is 6. The first-order chi connectivity index (χ1) is 17.1. The Balaban J connectivity index is 1.34. The minimum Gasteiger partial charge on any atom is -0.391 e. The van der Waals surface area contributed by atoms with E-state index in [9.17, 15) is 19.5 Å². The lowest BCUT2D eigenvalue weighted by Gasteiger charge is -2.34. The lowest BCUT2D eigenvalue weighted by molar-refractivity contribution is -0.144. The topological polar surface area (TPSA) is 133 Å². The number of fused-ring (bicyclic) bond motifs is 1. The van der Waals surface area contributed by atoms with E-state index < -0.39 is 23.6 Å². The van der Waals surface area contributed by atoms with Gasteiger partial charge in [-0.2, -0.15) is 0 Å². The number of β-amino-alcohol motifs (C(OH)–C–C–N with tert-alkyl or cyclic N) is 1. The lowest BCUT2D eigenvalue weighted by Crippen LogP contribution is -2.50. The Morgan fingerprint density at radius 1 is 1.25 bits per heavy atom. The third kappa shape index (κ3) is 4.77. The minimum absolute atomic E-state index is 0.0699. The van der Waals surface area contributed by atoms with Crippen LogP contribution in [0.1, 0.15) is 63.4 Å². The van der Waals surface area contributed by atoms with Crippen molar-refractivity contribution in [3.05, 3.63) is 58.1 Å². The van der Waals surface area contributed by atoms with Gasteiger partial charge in [0.25, 0.3) is 0 Å². The third-order valence-corrected chi connectivity index (χ3v) is 6.95. The fourth-order valence-electron chi connectivity index (χ4n) is 4.97. The zero-order chi connectivity index (χ0) is 25.6. The molecule has 1 saturated heterocycles. The highest BCUT2D eigenvalue weighted by Gasteiger charge is 2.45. The summed E-state index contributed by atoms with van der Waals surface area (Å²) in [6.45, 7) is 6.02. The number of carbonyl (C=O) groups is 2. The smallest absolute Gasteiger partial charge is 0.248 e. The van der Waals surface area contributed by atoms with E-state index >= 15 is 0 Å². The molecule has 3 N–H and O–H groups in total. The first-order valence-electron chi connectivity index (χ1n) is 12.4. The number of amides is 2. The van der Waals surface area contributed by atoms with Crippen LogP contribution in [-0.4, -0.2) is 60.5 Å². The van der Waals surface area contributed by atoms with Gasteiger partial charge in [-0.05, 0) is 30.4 Å². The molecule has 0 bridgehead atoms. The number of nitrogens with zero attached hydrogens (tertiary/aromatic N) is 4. The van der Waals surface area contributed by atoms with Crippen molar-refractivity contribution in [1.29, 1.82) is 0 Å². The van der Waals surface area contributed by atoms with Gasteiger partial charge in [-0.3, -0.25) is 14.4 Å². The van der Waals surface area contributed by atoms with Crippen LogP contribution in [0.2, 0.25) is 0 Å². The minimum atomic E-state index is -0.823. The predicted octanol–water partition coefficient (Wildman–Crippen LogP) is 1.86. The van der Waals surface area contributed by atoms with E-state index in [1.165, 1.54) is 11.0 Å². The molecule has 1 saturated carbocycles. The molecule has 5 rings (SSSR count). The van der Waals surface area contributed by atoms with Crippen LogP contribution in [-0.2, 0) is 16.1 Å². The van der Waals surface area contributed by atoms with Crippen molar-refractivity contribution in [2.45, 2.75) is 70.7 Å². The van der Waals surface area contributed by atoms with Crippen molar-refractivity contribution in [3.8, 4) is 0 Å². The first kappa shape index (κ1) is 24.2. The second-order valence-electron chi connectivity index (χ2n) is 11.0. The summed E-state index contributed by atoms with van der Waals surface area (Å²) in [5, 5.41) is 22.3. The van der Waals surface area contributed by atoms with Gasteiger partial charge in [0.1, 0.15) is 12.1 Å². The number of H-pyrrole nitrogens is 1. The van der Waals surface area contributed by atoms with E-state index in [1.54, 1.807) is 22.9 Å². The number of aliphatic hydroxyl groups excluding tert-OH is 1. The molecule has 2 fully saturated rings. The summed E-state index contributed by atoms with van der Waals surface area (Å²) in [5.74, 6) is -0.243. The van der Waals surface area contributed by atoms with Crippen LogP contribution in [0.5, 0.6) is 0 Å². The first-order valence-corrected chi connectivity index (χ1v) is 12.4. The van der Waals surface area contributed by atoms with Gasteiger partial charge in [-0.15, -0.1) is 5.10 Å². The summed E-state index contributed by atoms with van der Waals surface area (Å²) in [6.07, 6.45) is 3.34. The van der Waals surface area contributed by atoms with Crippen LogP contribution in [0, 0.1) is 5.41 Å². The van der Waals surface area contributed by atoms with Gasteiger partial charge in [0.2, 0.25) is 11.8 Å². The van der Waals surface area contributed by atoms with Crippen molar-refractivity contribution in [2.75, 3.05) is 6.54 Å². The van der Waals surface area contributed by atoms with Crippen molar-refractivity contribution in [1.82, 2.24) is 30.2 Å². The summed E-state index contributed by atoms with van der Waals surface area (Å²) in [6, 6.07) is 7.15. The van der Waals surface area contributed by atoms with E-state index in [0.29, 0.717) is 22.5 Å².